The lowest BCUT2D eigenvalue weighted by Crippen LogP contribution is -2.07. The van der Waals surface area contributed by atoms with Gasteiger partial charge in [-0.3, -0.25) is 0 Å². The zero-order valence-corrected chi connectivity index (χ0v) is 17.0. The van der Waals surface area contributed by atoms with E-state index in [1.165, 1.54) is 38.5 Å². The number of carbonyl (C=O) groups is 1. The van der Waals surface area contributed by atoms with Gasteiger partial charge < -0.3 is 4.74 Å². The van der Waals surface area contributed by atoms with E-state index in [-0.39, 0.29) is 5.97 Å². The molecule has 118 valence electrons. The summed E-state index contributed by atoms with van der Waals surface area (Å²) in [6.07, 6.45) is 10.0. The standard InChI is InChI=1S/C17H24I2O2/c1-2-3-4-5-6-7-8-9-10-21-17(20)14-11-15(18)13-16(19)12-14/h11-13H,2-10H2,1H3. The van der Waals surface area contributed by atoms with Gasteiger partial charge in [-0.05, 0) is 69.8 Å². The molecule has 0 aliphatic carbocycles. The van der Waals surface area contributed by atoms with Crippen LogP contribution >= 0.6 is 45.2 Å². The van der Waals surface area contributed by atoms with Crippen molar-refractivity contribution in [1.29, 1.82) is 0 Å². The molecule has 1 rings (SSSR count). The van der Waals surface area contributed by atoms with E-state index in [0.29, 0.717) is 12.2 Å². The predicted octanol–water partition coefficient (Wildman–Crippen LogP) is 6.19. The molecule has 0 amide bonds. The molecule has 0 saturated carbocycles. The Hall–Kier alpha value is 0.150. The number of hydrogen-bond donors (Lipinski definition) is 0. The van der Waals surface area contributed by atoms with Gasteiger partial charge in [-0.15, -0.1) is 0 Å². The Morgan fingerprint density at radius 3 is 2.00 bits per heavy atom. The van der Waals surface area contributed by atoms with Crippen LogP contribution in [0.3, 0.4) is 0 Å². The van der Waals surface area contributed by atoms with Gasteiger partial charge in [0.15, 0.2) is 0 Å². The molecule has 0 heterocycles. The summed E-state index contributed by atoms with van der Waals surface area (Å²) in [6.45, 7) is 2.78. The van der Waals surface area contributed by atoms with Gasteiger partial charge in [-0.1, -0.05) is 51.9 Å². The molecule has 1 aromatic carbocycles. The van der Waals surface area contributed by atoms with Gasteiger partial charge in [-0.2, -0.15) is 0 Å². The highest BCUT2D eigenvalue weighted by atomic mass is 127. The fraction of sp³-hybridized carbons (Fsp3) is 0.588. The van der Waals surface area contributed by atoms with E-state index in [4.69, 9.17) is 4.74 Å². The molecule has 0 aliphatic rings. The van der Waals surface area contributed by atoms with Crippen molar-refractivity contribution < 1.29 is 9.53 Å². The molecule has 4 heteroatoms. The number of halogens is 2. The number of esters is 1. The number of unbranched alkanes of at least 4 members (excludes halogenated alkanes) is 7. The Labute approximate surface area is 155 Å². The van der Waals surface area contributed by atoms with Crippen LogP contribution in [0.15, 0.2) is 18.2 Å². The molecule has 2 nitrogen and oxygen atoms in total. The predicted molar refractivity (Wildman–Crippen MR) is 105 cm³/mol. The number of rotatable bonds is 10. The van der Waals surface area contributed by atoms with Crippen LogP contribution in [0.4, 0.5) is 0 Å². The summed E-state index contributed by atoms with van der Waals surface area (Å²) >= 11 is 4.44. The summed E-state index contributed by atoms with van der Waals surface area (Å²) in [5.74, 6) is -0.200. The average Bonchev–Trinajstić information content (AvgIpc) is 2.44. The molecule has 0 spiro atoms. The average molecular weight is 514 g/mol. The van der Waals surface area contributed by atoms with Gasteiger partial charge >= 0.3 is 5.97 Å². The van der Waals surface area contributed by atoms with Crippen LogP contribution in [0.2, 0.25) is 0 Å². The smallest absolute Gasteiger partial charge is 0.338 e. The first-order valence-electron chi connectivity index (χ1n) is 7.76. The van der Waals surface area contributed by atoms with Gasteiger partial charge in [0, 0.05) is 7.14 Å². The van der Waals surface area contributed by atoms with Gasteiger partial charge in [0.1, 0.15) is 0 Å². The third-order valence-corrected chi connectivity index (χ3v) is 4.57. The number of hydrogen-bond acceptors (Lipinski definition) is 2. The lowest BCUT2D eigenvalue weighted by Gasteiger charge is -2.06. The highest BCUT2D eigenvalue weighted by molar-refractivity contribution is 14.1. The molecular formula is C17H24I2O2. The van der Waals surface area contributed by atoms with Crippen molar-refractivity contribution in [2.24, 2.45) is 0 Å². The maximum Gasteiger partial charge on any atom is 0.338 e. The van der Waals surface area contributed by atoms with Crippen molar-refractivity contribution in [1.82, 2.24) is 0 Å². The summed E-state index contributed by atoms with van der Waals surface area (Å²) in [4.78, 5) is 11.9. The Balaban J connectivity index is 2.11. The quantitative estimate of drug-likeness (QED) is 0.212. The highest BCUT2D eigenvalue weighted by Crippen LogP contribution is 2.15. The largest absolute Gasteiger partial charge is 0.462 e. The molecule has 0 bridgehead atoms. The van der Waals surface area contributed by atoms with E-state index in [0.717, 1.165) is 20.0 Å². The van der Waals surface area contributed by atoms with Crippen molar-refractivity contribution in [2.75, 3.05) is 6.61 Å². The molecule has 0 saturated heterocycles. The lowest BCUT2D eigenvalue weighted by atomic mass is 10.1. The van der Waals surface area contributed by atoms with Crippen LogP contribution in [0.5, 0.6) is 0 Å². The lowest BCUT2D eigenvalue weighted by molar-refractivity contribution is 0.0497. The van der Waals surface area contributed by atoms with Crippen LogP contribution in [-0.4, -0.2) is 12.6 Å². The first-order chi connectivity index (χ1) is 10.1. The van der Waals surface area contributed by atoms with Crippen LogP contribution in [0.1, 0.15) is 68.6 Å². The number of carbonyl (C=O) groups excluding carboxylic acids is 1. The van der Waals surface area contributed by atoms with Crippen LogP contribution in [-0.2, 0) is 4.74 Å². The minimum Gasteiger partial charge on any atom is -0.462 e. The molecule has 0 unspecified atom stereocenters. The molecule has 1 aromatic rings. The fourth-order valence-electron chi connectivity index (χ4n) is 2.16. The normalized spacial score (nSPS) is 10.6. The topological polar surface area (TPSA) is 26.3 Å². The van der Waals surface area contributed by atoms with Crippen LogP contribution in [0, 0.1) is 7.14 Å². The summed E-state index contributed by atoms with van der Waals surface area (Å²) < 4.78 is 7.47. The molecule has 0 fully saturated rings. The van der Waals surface area contributed by atoms with E-state index in [9.17, 15) is 4.79 Å². The monoisotopic (exact) mass is 514 g/mol. The molecule has 0 radical (unpaired) electrons. The maximum absolute atomic E-state index is 11.9. The van der Waals surface area contributed by atoms with E-state index >= 15 is 0 Å². The molecule has 0 aliphatic heterocycles. The molecule has 0 N–H and O–H groups in total. The molecule has 0 aromatic heterocycles. The number of ether oxygens (including phenoxy) is 1. The van der Waals surface area contributed by atoms with E-state index in [2.05, 4.69) is 52.1 Å². The third-order valence-electron chi connectivity index (χ3n) is 3.33. The summed E-state index contributed by atoms with van der Waals surface area (Å²) in [5.41, 5.74) is 0.658. The first-order valence-corrected chi connectivity index (χ1v) is 9.92. The van der Waals surface area contributed by atoms with Gasteiger partial charge in [-0.25, -0.2) is 4.79 Å². The van der Waals surface area contributed by atoms with Gasteiger partial charge in [0.2, 0.25) is 0 Å². The van der Waals surface area contributed by atoms with Crippen molar-refractivity contribution in [3.63, 3.8) is 0 Å². The second-order valence-corrected chi connectivity index (χ2v) is 7.76. The van der Waals surface area contributed by atoms with Crippen LogP contribution in [0.25, 0.3) is 0 Å². The summed E-state index contributed by atoms with van der Waals surface area (Å²) in [5, 5.41) is 0. The highest BCUT2D eigenvalue weighted by Gasteiger charge is 2.08. The second-order valence-electron chi connectivity index (χ2n) is 5.27. The van der Waals surface area contributed by atoms with Crippen molar-refractivity contribution in [2.45, 2.75) is 58.3 Å². The molecular weight excluding hydrogens is 490 g/mol. The molecule has 0 atom stereocenters. The van der Waals surface area contributed by atoms with Crippen molar-refractivity contribution in [3.8, 4) is 0 Å². The fourth-order valence-corrected chi connectivity index (χ4v) is 4.09. The summed E-state index contributed by atoms with van der Waals surface area (Å²) in [7, 11) is 0. The zero-order chi connectivity index (χ0) is 15.5. The minimum atomic E-state index is -0.200. The minimum absolute atomic E-state index is 0.200. The Morgan fingerprint density at radius 1 is 0.905 bits per heavy atom. The summed E-state index contributed by atoms with van der Waals surface area (Å²) in [6, 6.07) is 5.79. The van der Waals surface area contributed by atoms with E-state index < -0.39 is 0 Å². The Bertz CT molecular complexity index is 413. The van der Waals surface area contributed by atoms with Crippen molar-refractivity contribution >= 4 is 51.2 Å². The van der Waals surface area contributed by atoms with E-state index in [1.54, 1.807) is 0 Å². The Morgan fingerprint density at radius 2 is 1.43 bits per heavy atom. The second kappa shape index (κ2) is 11.7. The van der Waals surface area contributed by atoms with Crippen LogP contribution < -0.4 is 0 Å². The van der Waals surface area contributed by atoms with Crippen molar-refractivity contribution in [3.05, 3.63) is 30.9 Å². The Kier molecular flexibility index (Phi) is 10.7. The van der Waals surface area contributed by atoms with E-state index in [1.807, 2.05) is 18.2 Å². The van der Waals surface area contributed by atoms with Gasteiger partial charge in [0.25, 0.3) is 0 Å². The first kappa shape index (κ1) is 19.2. The third kappa shape index (κ3) is 9.01. The van der Waals surface area contributed by atoms with Gasteiger partial charge in [0.05, 0.1) is 12.2 Å². The SMILES string of the molecule is CCCCCCCCCCOC(=O)c1cc(I)cc(I)c1. The maximum atomic E-state index is 11.9. The zero-order valence-electron chi connectivity index (χ0n) is 12.7. The number of benzene rings is 1. The molecule has 21 heavy (non-hydrogen) atoms.